The summed E-state index contributed by atoms with van der Waals surface area (Å²) in [7, 11) is 1.98. The molecule has 0 heterocycles. The zero-order chi connectivity index (χ0) is 14.5. The lowest BCUT2D eigenvalue weighted by Gasteiger charge is -2.17. The smallest absolute Gasteiger partial charge is 0.123 e. The molecule has 0 saturated heterocycles. The van der Waals surface area contributed by atoms with Gasteiger partial charge in [0.1, 0.15) is 5.82 Å². The predicted molar refractivity (Wildman–Crippen MR) is 84.8 cm³/mol. The summed E-state index contributed by atoms with van der Waals surface area (Å²) in [5, 5.41) is 3.36. The average Bonchev–Trinajstić information content (AvgIpc) is 2.40. The fraction of sp³-hybridized carbons (Fsp3) is 0.294. The van der Waals surface area contributed by atoms with Gasteiger partial charge in [0.15, 0.2) is 0 Å². The van der Waals surface area contributed by atoms with E-state index in [9.17, 15) is 4.39 Å². The van der Waals surface area contributed by atoms with E-state index in [2.05, 4.69) is 37.4 Å². The number of hydrogen-bond acceptors (Lipinski definition) is 2. The van der Waals surface area contributed by atoms with Crippen LogP contribution in [0, 0.1) is 19.7 Å². The third-order valence-corrected chi connectivity index (χ3v) is 4.33. The number of halogens is 1. The lowest BCUT2D eigenvalue weighted by molar-refractivity contribution is 0.626. The molecule has 3 heteroatoms. The lowest BCUT2D eigenvalue weighted by Crippen LogP contribution is -2.19. The predicted octanol–water partition coefficient (Wildman–Crippen LogP) is 4.50. The van der Waals surface area contributed by atoms with Gasteiger partial charge in [-0.1, -0.05) is 29.3 Å². The Morgan fingerprint density at radius 3 is 2.20 bits per heavy atom. The van der Waals surface area contributed by atoms with Crippen molar-refractivity contribution in [3.8, 4) is 0 Å². The maximum absolute atomic E-state index is 12.9. The molecule has 0 radical (unpaired) electrons. The second-order valence-corrected chi connectivity index (χ2v) is 6.12. The molecule has 2 aromatic rings. The minimum absolute atomic E-state index is 0.186. The first-order chi connectivity index (χ1) is 9.58. The molecule has 1 atom stereocenters. The molecule has 0 aliphatic heterocycles. The zero-order valence-corrected chi connectivity index (χ0v) is 12.9. The molecule has 0 amide bonds. The topological polar surface area (TPSA) is 12.0 Å². The highest BCUT2D eigenvalue weighted by molar-refractivity contribution is 7.99. The van der Waals surface area contributed by atoms with Crippen LogP contribution in [0.25, 0.3) is 0 Å². The van der Waals surface area contributed by atoms with Crippen molar-refractivity contribution < 1.29 is 4.39 Å². The molecule has 1 N–H and O–H groups in total. The summed E-state index contributed by atoms with van der Waals surface area (Å²) in [6.07, 6.45) is 0. The molecule has 106 valence electrons. The number of aryl methyl sites for hydroxylation is 2. The average molecular weight is 289 g/mol. The monoisotopic (exact) mass is 289 g/mol. The van der Waals surface area contributed by atoms with Crippen LogP contribution in [0.5, 0.6) is 0 Å². The molecule has 0 aromatic heterocycles. The Morgan fingerprint density at radius 1 is 1.05 bits per heavy atom. The van der Waals surface area contributed by atoms with Crippen LogP contribution in [0.1, 0.15) is 22.7 Å². The molecule has 0 saturated carbocycles. The van der Waals surface area contributed by atoms with Crippen LogP contribution in [-0.2, 0) is 0 Å². The van der Waals surface area contributed by atoms with Crippen molar-refractivity contribution >= 4 is 11.8 Å². The van der Waals surface area contributed by atoms with Gasteiger partial charge in [0.25, 0.3) is 0 Å². The van der Waals surface area contributed by atoms with E-state index in [0.717, 1.165) is 10.6 Å². The van der Waals surface area contributed by atoms with Crippen molar-refractivity contribution in [3.63, 3.8) is 0 Å². The Morgan fingerprint density at radius 2 is 1.65 bits per heavy atom. The molecule has 0 fully saturated rings. The minimum Gasteiger partial charge on any atom is -0.312 e. The molecule has 1 nitrogen and oxygen atoms in total. The van der Waals surface area contributed by atoms with Gasteiger partial charge in [0.2, 0.25) is 0 Å². The molecule has 20 heavy (non-hydrogen) atoms. The van der Waals surface area contributed by atoms with Crippen molar-refractivity contribution in [2.45, 2.75) is 24.8 Å². The van der Waals surface area contributed by atoms with Gasteiger partial charge in [0, 0.05) is 16.7 Å². The second kappa shape index (κ2) is 6.91. The van der Waals surface area contributed by atoms with Gasteiger partial charge in [-0.05, 0) is 50.7 Å². The first-order valence-electron chi connectivity index (χ1n) is 6.72. The standard InChI is InChI=1S/C17H20FNS/c1-12-8-13(2)10-14(9-12)17(19-3)11-20-16-6-4-15(18)5-7-16/h4-10,17,19H,11H2,1-3H3. The summed E-state index contributed by atoms with van der Waals surface area (Å²) in [6.45, 7) is 4.24. The number of nitrogens with one attached hydrogen (secondary N) is 1. The lowest BCUT2D eigenvalue weighted by atomic mass is 10.0. The summed E-state index contributed by atoms with van der Waals surface area (Å²) >= 11 is 1.74. The van der Waals surface area contributed by atoms with Gasteiger partial charge in [-0.2, -0.15) is 0 Å². The second-order valence-electron chi connectivity index (χ2n) is 5.03. The number of hydrogen-bond donors (Lipinski definition) is 1. The zero-order valence-electron chi connectivity index (χ0n) is 12.1. The van der Waals surface area contributed by atoms with Gasteiger partial charge in [0.05, 0.1) is 0 Å². The normalized spacial score (nSPS) is 12.4. The van der Waals surface area contributed by atoms with Crippen LogP contribution in [-0.4, -0.2) is 12.8 Å². The van der Waals surface area contributed by atoms with Crippen molar-refractivity contribution in [1.82, 2.24) is 5.32 Å². The van der Waals surface area contributed by atoms with Crippen LogP contribution in [0.4, 0.5) is 4.39 Å². The van der Waals surface area contributed by atoms with E-state index in [0.29, 0.717) is 6.04 Å². The molecular formula is C17H20FNS. The van der Waals surface area contributed by atoms with E-state index in [4.69, 9.17) is 0 Å². The summed E-state index contributed by atoms with van der Waals surface area (Å²) in [6, 6.07) is 13.6. The molecule has 0 bridgehead atoms. The van der Waals surface area contributed by atoms with Crippen molar-refractivity contribution in [1.29, 1.82) is 0 Å². The quantitative estimate of drug-likeness (QED) is 0.814. The fourth-order valence-corrected chi connectivity index (χ4v) is 3.31. The fourth-order valence-electron chi connectivity index (χ4n) is 2.27. The van der Waals surface area contributed by atoms with Gasteiger partial charge >= 0.3 is 0 Å². The molecular weight excluding hydrogens is 269 g/mol. The minimum atomic E-state index is -0.186. The van der Waals surface area contributed by atoms with Crippen molar-refractivity contribution in [3.05, 3.63) is 65.0 Å². The first kappa shape index (κ1) is 15.1. The van der Waals surface area contributed by atoms with E-state index in [1.807, 2.05) is 19.2 Å². The summed E-state index contributed by atoms with van der Waals surface area (Å²) in [4.78, 5) is 1.09. The van der Waals surface area contributed by atoms with E-state index in [1.165, 1.54) is 28.8 Å². The first-order valence-corrected chi connectivity index (χ1v) is 7.71. The summed E-state index contributed by atoms with van der Waals surface area (Å²) < 4.78 is 12.9. The van der Waals surface area contributed by atoms with Crippen LogP contribution < -0.4 is 5.32 Å². The Balaban J connectivity index is 2.07. The van der Waals surface area contributed by atoms with Gasteiger partial charge in [-0.25, -0.2) is 4.39 Å². The molecule has 2 aromatic carbocycles. The number of rotatable bonds is 5. The van der Waals surface area contributed by atoms with E-state index in [1.54, 1.807) is 11.8 Å². The molecule has 1 unspecified atom stereocenters. The highest BCUT2D eigenvalue weighted by Crippen LogP contribution is 2.26. The van der Waals surface area contributed by atoms with Crippen LogP contribution >= 0.6 is 11.8 Å². The van der Waals surface area contributed by atoms with E-state index < -0.39 is 0 Å². The Labute approximate surface area is 124 Å². The molecule has 0 aliphatic carbocycles. The Hall–Kier alpha value is -1.32. The Bertz CT molecular complexity index is 545. The number of thioether (sulfide) groups is 1. The molecule has 2 rings (SSSR count). The van der Waals surface area contributed by atoms with Crippen LogP contribution in [0.2, 0.25) is 0 Å². The Kier molecular flexibility index (Phi) is 5.21. The molecule has 0 aliphatic rings. The van der Waals surface area contributed by atoms with Crippen molar-refractivity contribution in [2.75, 3.05) is 12.8 Å². The van der Waals surface area contributed by atoms with Gasteiger partial charge in [-0.15, -0.1) is 11.8 Å². The summed E-state index contributed by atoms with van der Waals surface area (Å²) in [5.74, 6) is 0.735. The molecule has 0 spiro atoms. The van der Waals surface area contributed by atoms with Crippen molar-refractivity contribution in [2.24, 2.45) is 0 Å². The largest absolute Gasteiger partial charge is 0.312 e. The third kappa shape index (κ3) is 4.09. The van der Waals surface area contributed by atoms with Gasteiger partial charge in [-0.3, -0.25) is 0 Å². The maximum atomic E-state index is 12.9. The van der Waals surface area contributed by atoms with E-state index >= 15 is 0 Å². The van der Waals surface area contributed by atoms with Gasteiger partial charge < -0.3 is 5.32 Å². The van der Waals surface area contributed by atoms with Crippen LogP contribution in [0.3, 0.4) is 0 Å². The third-order valence-electron chi connectivity index (χ3n) is 3.23. The van der Waals surface area contributed by atoms with E-state index in [-0.39, 0.29) is 5.82 Å². The summed E-state index contributed by atoms with van der Waals surface area (Å²) in [5.41, 5.74) is 3.87. The highest BCUT2D eigenvalue weighted by Gasteiger charge is 2.10. The SMILES string of the molecule is CNC(CSc1ccc(F)cc1)c1cc(C)cc(C)c1. The number of benzene rings is 2. The van der Waals surface area contributed by atoms with Crippen LogP contribution in [0.15, 0.2) is 47.4 Å². The maximum Gasteiger partial charge on any atom is 0.123 e. The highest BCUT2D eigenvalue weighted by atomic mass is 32.2.